The fourth-order valence-corrected chi connectivity index (χ4v) is 3.74. The smallest absolute Gasteiger partial charge is 0.550 e. The van der Waals surface area contributed by atoms with Crippen LogP contribution in [0.15, 0.2) is 0 Å². The molecular weight excluding hydrogens is 339 g/mol. The first-order valence-corrected chi connectivity index (χ1v) is 10.5. The summed E-state index contributed by atoms with van der Waals surface area (Å²) in [6, 6.07) is 0. The minimum Gasteiger partial charge on any atom is -0.550 e. The predicted molar refractivity (Wildman–Crippen MR) is 97.9 cm³/mol. The van der Waals surface area contributed by atoms with Crippen LogP contribution in [0.4, 0.5) is 0 Å². The summed E-state index contributed by atoms with van der Waals surface area (Å²) in [6.07, 6.45) is 16.8. The van der Waals surface area contributed by atoms with E-state index in [1.165, 1.54) is 57.8 Å². The first-order valence-electron chi connectivity index (χ1n) is 10.5. The van der Waals surface area contributed by atoms with Crippen LogP contribution in [0.3, 0.4) is 0 Å². The number of rotatable bonds is 14. The molecule has 4 nitrogen and oxygen atoms in total. The van der Waals surface area contributed by atoms with Gasteiger partial charge in [-0.3, -0.25) is 4.79 Å². The van der Waals surface area contributed by atoms with Gasteiger partial charge in [0, 0.05) is 11.9 Å². The van der Waals surface area contributed by atoms with Gasteiger partial charge in [-0.1, -0.05) is 84.0 Å². The minimum atomic E-state index is -1.10. The molecule has 0 heterocycles. The Kier molecular flexibility index (Phi) is 17.0. The van der Waals surface area contributed by atoms with Crippen LogP contribution in [0.2, 0.25) is 0 Å². The summed E-state index contributed by atoms with van der Waals surface area (Å²) in [7, 11) is 0. The molecule has 1 saturated carbocycles. The number of aliphatic carboxylic acids is 1. The van der Waals surface area contributed by atoms with E-state index in [2.05, 4.69) is 6.92 Å². The van der Waals surface area contributed by atoms with Crippen LogP contribution in [-0.4, -0.2) is 18.5 Å². The molecule has 0 aromatic carbocycles. The maximum Gasteiger partial charge on any atom is 1.00 e. The van der Waals surface area contributed by atoms with Gasteiger partial charge < -0.3 is 14.6 Å². The normalized spacial score (nSPS) is 19.6. The molecule has 0 N–H and O–H groups in total. The van der Waals surface area contributed by atoms with Crippen molar-refractivity contribution in [2.45, 2.75) is 103 Å². The Balaban J connectivity index is 0.00000625. The zero-order chi connectivity index (χ0) is 18.3. The molecule has 1 rings (SSSR count). The van der Waals surface area contributed by atoms with Gasteiger partial charge in [-0.2, -0.15) is 0 Å². The largest absolute Gasteiger partial charge is 1.00 e. The maximum absolute atomic E-state index is 12.1. The Morgan fingerprint density at radius 2 is 1.27 bits per heavy atom. The Bertz CT molecular complexity index is 373. The molecule has 146 valence electrons. The summed E-state index contributed by atoms with van der Waals surface area (Å²) in [5.74, 6) is -2.58. The van der Waals surface area contributed by atoms with Gasteiger partial charge in [0.1, 0.15) is 0 Å². The van der Waals surface area contributed by atoms with Crippen molar-refractivity contribution in [1.82, 2.24) is 0 Å². The minimum absolute atomic E-state index is 0. The third kappa shape index (κ3) is 11.6. The molecule has 0 radical (unpaired) electrons. The van der Waals surface area contributed by atoms with Gasteiger partial charge in [-0.05, 0) is 19.3 Å². The van der Waals surface area contributed by atoms with Gasteiger partial charge in [0.2, 0.25) is 0 Å². The number of hydrogen-bond acceptors (Lipinski definition) is 4. The molecule has 0 spiro atoms. The second kappa shape index (κ2) is 17.1. The van der Waals surface area contributed by atoms with Gasteiger partial charge in [0.25, 0.3) is 0 Å². The number of hydrogen-bond donors (Lipinski definition) is 0. The zero-order valence-corrected chi connectivity index (χ0v) is 19.1. The van der Waals surface area contributed by atoms with Crippen LogP contribution in [-0.2, 0) is 14.3 Å². The summed E-state index contributed by atoms with van der Waals surface area (Å²) in [5.41, 5.74) is 0. The van der Waals surface area contributed by atoms with Crippen LogP contribution in [0.5, 0.6) is 0 Å². The third-order valence-corrected chi connectivity index (χ3v) is 5.36. The van der Waals surface area contributed by atoms with Crippen molar-refractivity contribution in [1.29, 1.82) is 0 Å². The number of carbonyl (C=O) groups excluding carboxylic acids is 2. The zero-order valence-electron chi connectivity index (χ0n) is 17.1. The molecule has 0 saturated heterocycles. The second-order valence-corrected chi connectivity index (χ2v) is 7.52. The van der Waals surface area contributed by atoms with E-state index in [1.807, 2.05) is 0 Å². The monoisotopic (exact) mass is 376 g/mol. The molecule has 1 aliphatic carbocycles. The van der Waals surface area contributed by atoms with E-state index in [0.717, 1.165) is 25.7 Å². The van der Waals surface area contributed by atoms with Gasteiger partial charge >= 0.3 is 35.5 Å². The third-order valence-electron chi connectivity index (χ3n) is 5.36. The van der Waals surface area contributed by atoms with Crippen molar-refractivity contribution < 1.29 is 49.0 Å². The molecule has 1 aliphatic rings. The topological polar surface area (TPSA) is 66.4 Å². The van der Waals surface area contributed by atoms with Crippen LogP contribution >= 0.6 is 0 Å². The number of unbranched alkanes of at least 4 members (excludes halogenated alkanes) is 10. The van der Waals surface area contributed by atoms with E-state index in [1.54, 1.807) is 0 Å². The Morgan fingerprint density at radius 1 is 0.808 bits per heavy atom. The molecule has 0 aromatic rings. The summed E-state index contributed by atoms with van der Waals surface area (Å²) in [5, 5.41) is 11.1. The standard InChI is InChI=1S/C21H38O4.Na/c1-2-3-4-5-6-7-8-9-10-11-14-17-25-21(24)19-16-13-12-15-18(19)20(22)23;/h18-19H,2-17H2,1H3,(H,22,23);/q;+1/p-1. The molecule has 2 atom stereocenters. The molecule has 26 heavy (non-hydrogen) atoms. The fraction of sp³-hybridized carbons (Fsp3) is 0.905. The maximum atomic E-state index is 12.1. The number of esters is 1. The molecule has 2 unspecified atom stereocenters. The molecular formula is C21H37NaO4. The molecule has 5 heteroatoms. The molecule has 0 amide bonds. The van der Waals surface area contributed by atoms with Gasteiger partial charge in [-0.25, -0.2) is 0 Å². The van der Waals surface area contributed by atoms with Gasteiger partial charge in [0.15, 0.2) is 0 Å². The first-order chi connectivity index (χ1) is 12.2. The van der Waals surface area contributed by atoms with E-state index < -0.39 is 17.8 Å². The van der Waals surface area contributed by atoms with E-state index in [-0.39, 0.29) is 35.5 Å². The summed E-state index contributed by atoms with van der Waals surface area (Å²) < 4.78 is 5.31. The van der Waals surface area contributed by atoms with E-state index in [4.69, 9.17) is 4.74 Å². The predicted octanol–water partition coefficient (Wildman–Crippen LogP) is 1.40. The van der Waals surface area contributed by atoms with Crippen LogP contribution in [0.1, 0.15) is 103 Å². The van der Waals surface area contributed by atoms with Gasteiger partial charge in [0.05, 0.1) is 12.5 Å². The molecule has 0 aliphatic heterocycles. The van der Waals surface area contributed by atoms with Crippen molar-refractivity contribution in [2.24, 2.45) is 11.8 Å². The van der Waals surface area contributed by atoms with E-state index >= 15 is 0 Å². The average Bonchev–Trinajstić information content (AvgIpc) is 2.62. The van der Waals surface area contributed by atoms with Crippen molar-refractivity contribution in [3.8, 4) is 0 Å². The quantitative estimate of drug-likeness (QED) is 0.261. The number of ether oxygens (including phenoxy) is 1. The number of carboxylic acids is 1. The van der Waals surface area contributed by atoms with Gasteiger partial charge in [-0.15, -0.1) is 0 Å². The molecule has 1 fully saturated rings. The Labute approximate surface area is 182 Å². The Hall–Kier alpha value is -0.0600. The number of carboxylic acid groups (broad SMARTS) is 1. The van der Waals surface area contributed by atoms with E-state index in [9.17, 15) is 14.7 Å². The molecule has 0 aromatic heterocycles. The van der Waals surface area contributed by atoms with Crippen molar-refractivity contribution in [3.05, 3.63) is 0 Å². The summed E-state index contributed by atoms with van der Waals surface area (Å²) >= 11 is 0. The first kappa shape index (κ1) is 25.9. The van der Waals surface area contributed by atoms with Crippen molar-refractivity contribution in [2.75, 3.05) is 6.61 Å². The van der Waals surface area contributed by atoms with Crippen LogP contribution in [0.25, 0.3) is 0 Å². The summed E-state index contributed by atoms with van der Waals surface area (Å²) in [4.78, 5) is 23.2. The summed E-state index contributed by atoms with van der Waals surface area (Å²) in [6.45, 7) is 2.67. The van der Waals surface area contributed by atoms with Crippen LogP contribution < -0.4 is 34.7 Å². The van der Waals surface area contributed by atoms with Crippen molar-refractivity contribution in [3.63, 3.8) is 0 Å². The fourth-order valence-electron chi connectivity index (χ4n) is 3.74. The second-order valence-electron chi connectivity index (χ2n) is 7.52. The SMILES string of the molecule is CCCCCCCCCCCCCOC(=O)C1CCCCC1C(=O)[O-].[Na+]. The Morgan fingerprint density at radius 3 is 1.77 bits per heavy atom. The average molecular weight is 377 g/mol. The number of carbonyl (C=O) groups is 2. The van der Waals surface area contributed by atoms with Crippen LogP contribution in [0, 0.1) is 11.8 Å². The van der Waals surface area contributed by atoms with E-state index in [0.29, 0.717) is 19.4 Å². The molecule has 0 bridgehead atoms. The van der Waals surface area contributed by atoms with Crippen molar-refractivity contribution >= 4 is 11.9 Å².